The van der Waals surface area contributed by atoms with Gasteiger partial charge >= 0.3 is 0 Å². The molecule has 0 amide bonds. The average Bonchev–Trinajstić information content (AvgIpc) is 2.51. The molecule has 1 aromatic rings. The second-order valence-corrected chi connectivity index (χ2v) is 4.15. The first-order chi connectivity index (χ1) is 6.33. The molecule has 1 aromatic heterocycles. The summed E-state index contributed by atoms with van der Waals surface area (Å²) in [5.41, 5.74) is 1.11. The molecule has 0 saturated carbocycles. The fraction of sp³-hybridized carbons (Fsp3) is 0.700. The first-order valence-electron chi connectivity index (χ1n) is 4.87. The third-order valence-corrected chi connectivity index (χ3v) is 2.62. The molecule has 0 aromatic carbocycles. The van der Waals surface area contributed by atoms with Crippen LogP contribution >= 0.6 is 32.9 Å². The van der Waals surface area contributed by atoms with Crippen LogP contribution in [0.1, 0.15) is 31.4 Å². The van der Waals surface area contributed by atoms with E-state index in [0.717, 1.165) is 17.6 Å². The molecule has 0 unspecified atom stereocenters. The van der Waals surface area contributed by atoms with Gasteiger partial charge < -0.3 is 4.57 Å². The van der Waals surface area contributed by atoms with Crippen molar-refractivity contribution in [2.75, 3.05) is 5.33 Å². The maximum atomic E-state index is 4.19. The summed E-state index contributed by atoms with van der Waals surface area (Å²) in [5.74, 6) is 0. The molecule has 0 radical (unpaired) electrons. The summed E-state index contributed by atoms with van der Waals surface area (Å²) < 4.78 is 2.17. The van der Waals surface area contributed by atoms with Crippen molar-refractivity contribution in [3.63, 3.8) is 0 Å². The van der Waals surface area contributed by atoms with E-state index < -0.39 is 0 Å². The Morgan fingerprint density at radius 3 is 2.57 bits per heavy atom. The third-order valence-electron chi connectivity index (χ3n) is 2.06. The van der Waals surface area contributed by atoms with E-state index in [4.69, 9.17) is 0 Å². The molecule has 1 rings (SSSR count). The standard InChI is InChI=1S/C10H17BrN2.BrH/c1-10-8-13(9-12-10)7-5-3-2-4-6-11;/h8-9H,2-7H2,1H3;1H. The summed E-state index contributed by atoms with van der Waals surface area (Å²) >= 11 is 3.43. The third kappa shape index (κ3) is 5.81. The summed E-state index contributed by atoms with van der Waals surface area (Å²) in [4.78, 5) is 4.19. The van der Waals surface area contributed by atoms with Gasteiger partial charge in [0.15, 0.2) is 0 Å². The zero-order chi connectivity index (χ0) is 9.52. The van der Waals surface area contributed by atoms with Crippen molar-refractivity contribution in [1.82, 2.24) is 9.55 Å². The van der Waals surface area contributed by atoms with Crippen LogP contribution < -0.4 is 0 Å². The number of aryl methyl sites for hydroxylation is 2. The Bertz CT molecular complexity index is 236. The predicted molar refractivity (Wildman–Crippen MR) is 69.5 cm³/mol. The normalized spacial score (nSPS) is 9.86. The molecule has 0 aliphatic heterocycles. The van der Waals surface area contributed by atoms with Gasteiger partial charge in [-0.3, -0.25) is 0 Å². The highest BCUT2D eigenvalue weighted by Crippen LogP contribution is 2.04. The first kappa shape index (κ1) is 14.2. The molecular formula is C10H18Br2N2. The minimum atomic E-state index is 0. The molecule has 0 spiro atoms. The van der Waals surface area contributed by atoms with Crippen molar-refractivity contribution in [3.05, 3.63) is 18.2 Å². The van der Waals surface area contributed by atoms with Crippen molar-refractivity contribution >= 4 is 32.9 Å². The number of imidazole rings is 1. The number of aromatic nitrogens is 2. The number of hydrogen-bond acceptors (Lipinski definition) is 1. The highest BCUT2D eigenvalue weighted by atomic mass is 79.9. The Balaban J connectivity index is 0.00000169. The number of unbranched alkanes of at least 4 members (excludes halogenated alkanes) is 3. The highest BCUT2D eigenvalue weighted by Gasteiger charge is 1.93. The lowest BCUT2D eigenvalue weighted by Crippen LogP contribution is -1.94. The van der Waals surface area contributed by atoms with E-state index in [1.165, 1.54) is 25.7 Å². The fourth-order valence-corrected chi connectivity index (χ4v) is 1.73. The molecule has 0 saturated heterocycles. The molecule has 4 heteroatoms. The molecule has 0 aliphatic carbocycles. The topological polar surface area (TPSA) is 17.8 Å². The van der Waals surface area contributed by atoms with E-state index in [9.17, 15) is 0 Å². The van der Waals surface area contributed by atoms with Crippen LogP contribution in [0.4, 0.5) is 0 Å². The molecule has 0 N–H and O–H groups in total. The van der Waals surface area contributed by atoms with Crippen LogP contribution in [0.3, 0.4) is 0 Å². The van der Waals surface area contributed by atoms with Gasteiger partial charge in [-0.25, -0.2) is 4.98 Å². The lowest BCUT2D eigenvalue weighted by atomic mass is 10.2. The first-order valence-corrected chi connectivity index (χ1v) is 5.99. The zero-order valence-electron chi connectivity index (χ0n) is 8.58. The molecular weight excluding hydrogens is 308 g/mol. The lowest BCUT2D eigenvalue weighted by Gasteiger charge is -2.00. The van der Waals surface area contributed by atoms with Gasteiger partial charge in [0.25, 0.3) is 0 Å². The second kappa shape index (κ2) is 8.48. The van der Waals surface area contributed by atoms with Gasteiger partial charge in [-0.2, -0.15) is 0 Å². The van der Waals surface area contributed by atoms with Gasteiger partial charge in [-0.05, 0) is 19.8 Å². The summed E-state index contributed by atoms with van der Waals surface area (Å²) in [6.45, 7) is 3.14. The molecule has 2 nitrogen and oxygen atoms in total. The molecule has 1 heterocycles. The van der Waals surface area contributed by atoms with E-state index in [2.05, 4.69) is 31.7 Å². The van der Waals surface area contributed by atoms with Gasteiger partial charge in [0.1, 0.15) is 0 Å². The summed E-state index contributed by atoms with van der Waals surface area (Å²) in [7, 11) is 0. The van der Waals surface area contributed by atoms with Crippen molar-refractivity contribution in [2.45, 2.75) is 39.2 Å². The molecule has 0 bridgehead atoms. The van der Waals surface area contributed by atoms with Crippen LogP contribution in [0.15, 0.2) is 12.5 Å². The Labute approximate surface area is 105 Å². The van der Waals surface area contributed by atoms with Crippen LogP contribution in [0.2, 0.25) is 0 Å². The quantitative estimate of drug-likeness (QED) is 0.575. The Morgan fingerprint density at radius 2 is 2.00 bits per heavy atom. The summed E-state index contributed by atoms with van der Waals surface area (Å²) in [6, 6.07) is 0. The predicted octanol–water partition coefficient (Wildman–Crippen LogP) is 3.72. The SMILES string of the molecule is Br.Cc1cn(CCCCCCBr)cn1. The number of nitrogens with zero attached hydrogens (tertiary/aromatic N) is 2. The second-order valence-electron chi connectivity index (χ2n) is 3.36. The van der Waals surface area contributed by atoms with E-state index in [-0.39, 0.29) is 17.0 Å². The lowest BCUT2D eigenvalue weighted by molar-refractivity contribution is 0.584. The smallest absolute Gasteiger partial charge is 0.0949 e. The number of alkyl halides is 1. The van der Waals surface area contributed by atoms with Crippen molar-refractivity contribution in [1.29, 1.82) is 0 Å². The monoisotopic (exact) mass is 324 g/mol. The van der Waals surface area contributed by atoms with Gasteiger partial charge in [-0.15, -0.1) is 17.0 Å². The highest BCUT2D eigenvalue weighted by molar-refractivity contribution is 9.09. The fourth-order valence-electron chi connectivity index (χ4n) is 1.34. The molecule has 82 valence electrons. The average molecular weight is 326 g/mol. The maximum Gasteiger partial charge on any atom is 0.0949 e. The zero-order valence-corrected chi connectivity index (χ0v) is 11.9. The van der Waals surface area contributed by atoms with Gasteiger partial charge in [-0.1, -0.05) is 28.8 Å². The van der Waals surface area contributed by atoms with E-state index >= 15 is 0 Å². The van der Waals surface area contributed by atoms with Gasteiger partial charge in [0.05, 0.1) is 12.0 Å². The Hall–Kier alpha value is 0.170. The molecule has 14 heavy (non-hydrogen) atoms. The van der Waals surface area contributed by atoms with Crippen molar-refractivity contribution in [2.24, 2.45) is 0 Å². The van der Waals surface area contributed by atoms with Gasteiger partial charge in [0, 0.05) is 18.1 Å². The van der Waals surface area contributed by atoms with Crippen molar-refractivity contribution in [3.8, 4) is 0 Å². The van der Waals surface area contributed by atoms with E-state index in [1.54, 1.807) is 0 Å². The molecule has 0 atom stereocenters. The largest absolute Gasteiger partial charge is 0.337 e. The molecule has 0 aliphatic rings. The summed E-state index contributed by atoms with van der Waals surface area (Å²) in [5, 5.41) is 1.14. The van der Waals surface area contributed by atoms with Crippen LogP contribution in [0.5, 0.6) is 0 Å². The van der Waals surface area contributed by atoms with Crippen molar-refractivity contribution < 1.29 is 0 Å². The van der Waals surface area contributed by atoms with Gasteiger partial charge in [0.2, 0.25) is 0 Å². The minimum Gasteiger partial charge on any atom is -0.337 e. The minimum absolute atomic E-state index is 0. The van der Waals surface area contributed by atoms with Crippen LogP contribution in [-0.4, -0.2) is 14.9 Å². The summed E-state index contributed by atoms with van der Waals surface area (Å²) in [6.07, 6.45) is 9.23. The number of rotatable bonds is 6. The number of hydrogen-bond donors (Lipinski definition) is 0. The Morgan fingerprint density at radius 1 is 1.29 bits per heavy atom. The van der Waals surface area contributed by atoms with Crippen LogP contribution in [-0.2, 0) is 6.54 Å². The maximum absolute atomic E-state index is 4.19. The number of halogens is 2. The van der Waals surface area contributed by atoms with E-state index in [1.807, 2.05) is 13.3 Å². The van der Waals surface area contributed by atoms with Crippen LogP contribution in [0, 0.1) is 6.92 Å². The van der Waals surface area contributed by atoms with Crippen LogP contribution in [0.25, 0.3) is 0 Å². The molecule has 0 fully saturated rings. The van der Waals surface area contributed by atoms with E-state index in [0.29, 0.717) is 0 Å². The Kier molecular flexibility index (Phi) is 8.58.